The first kappa shape index (κ1) is 15.9. The zero-order valence-corrected chi connectivity index (χ0v) is 13.8. The highest BCUT2D eigenvalue weighted by molar-refractivity contribution is 9.10. The highest BCUT2D eigenvalue weighted by atomic mass is 79.9. The fourth-order valence-electron chi connectivity index (χ4n) is 1.44. The van der Waals surface area contributed by atoms with Crippen molar-refractivity contribution in [2.45, 2.75) is 20.8 Å². The lowest BCUT2D eigenvalue weighted by Gasteiger charge is -2.05. The van der Waals surface area contributed by atoms with E-state index < -0.39 is 0 Å². The molecule has 102 valence electrons. The molecule has 0 bridgehead atoms. The maximum absolute atomic E-state index is 11.3. The third kappa shape index (κ3) is 3.88. The van der Waals surface area contributed by atoms with Gasteiger partial charge in [0.05, 0.1) is 17.6 Å². The Morgan fingerprint density at radius 3 is 2.58 bits per heavy atom. The Morgan fingerprint density at radius 2 is 2.05 bits per heavy atom. The molecule has 0 atom stereocenters. The van der Waals surface area contributed by atoms with Crippen LogP contribution in [0, 0.1) is 0 Å². The van der Waals surface area contributed by atoms with Crippen molar-refractivity contribution in [2.75, 3.05) is 7.11 Å². The van der Waals surface area contributed by atoms with Crippen molar-refractivity contribution in [1.82, 2.24) is 4.98 Å². The summed E-state index contributed by atoms with van der Waals surface area (Å²) in [5.41, 5.74) is 0.888. The molecule has 0 spiro atoms. The predicted molar refractivity (Wildman–Crippen MR) is 83.2 cm³/mol. The van der Waals surface area contributed by atoms with Crippen LogP contribution in [0.1, 0.15) is 30.4 Å². The number of carbonyl (C=O) groups is 1. The van der Waals surface area contributed by atoms with Crippen molar-refractivity contribution in [3.05, 3.63) is 33.7 Å². The number of methoxy groups -OCH3 is 1. The quantitative estimate of drug-likeness (QED) is 0.752. The third-order valence-electron chi connectivity index (χ3n) is 2.23. The van der Waals surface area contributed by atoms with Crippen LogP contribution >= 0.6 is 27.3 Å². The largest absolute Gasteiger partial charge is 0.481 e. The van der Waals surface area contributed by atoms with E-state index in [1.165, 1.54) is 11.3 Å². The molecule has 0 amide bonds. The molecule has 2 heterocycles. The van der Waals surface area contributed by atoms with E-state index in [9.17, 15) is 4.79 Å². The zero-order chi connectivity index (χ0) is 14.4. The average Bonchev–Trinajstić information content (AvgIpc) is 2.90. The van der Waals surface area contributed by atoms with Crippen LogP contribution in [-0.2, 0) is 0 Å². The number of Topliss-reactive ketones (excluding diaryl/α,β-unsaturated/α-hetero) is 1. The topological polar surface area (TPSA) is 39.2 Å². The van der Waals surface area contributed by atoms with Gasteiger partial charge in [-0.15, -0.1) is 11.3 Å². The molecule has 0 unspecified atom stereocenters. The molecule has 5 heteroatoms. The van der Waals surface area contributed by atoms with Crippen molar-refractivity contribution in [1.29, 1.82) is 0 Å². The maximum atomic E-state index is 11.3. The fraction of sp³-hybridized carbons (Fsp3) is 0.286. The number of aromatic nitrogens is 1. The van der Waals surface area contributed by atoms with Gasteiger partial charge >= 0.3 is 0 Å². The van der Waals surface area contributed by atoms with Gasteiger partial charge in [0.2, 0.25) is 5.88 Å². The summed E-state index contributed by atoms with van der Waals surface area (Å²) in [7, 11) is 1.58. The normalized spacial score (nSPS) is 9.53. The van der Waals surface area contributed by atoms with E-state index in [4.69, 9.17) is 4.74 Å². The monoisotopic (exact) mass is 341 g/mol. The van der Waals surface area contributed by atoms with E-state index in [0.29, 0.717) is 5.88 Å². The van der Waals surface area contributed by atoms with Crippen LogP contribution in [0.25, 0.3) is 10.4 Å². The lowest BCUT2D eigenvalue weighted by atomic mass is 10.2. The summed E-state index contributed by atoms with van der Waals surface area (Å²) in [6.07, 6.45) is 1.68. The number of ether oxygens (including phenoxy) is 1. The van der Waals surface area contributed by atoms with E-state index in [-0.39, 0.29) is 5.78 Å². The van der Waals surface area contributed by atoms with Gasteiger partial charge in [0, 0.05) is 15.5 Å². The third-order valence-corrected chi connectivity index (χ3v) is 3.88. The van der Waals surface area contributed by atoms with E-state index in [1.54, 1.807) is 20.2 Å². The van der Waals surface area contributed by atoms with Gasteiger partial charge in [-0.2, -0.15) is 0 Å². The van der Waals surface area contributed by atoms with Gasteiger partial charge in [0.25, 0.3) is 0 Å². The smallest absolute Gasteiger partial charge is 0.221 e. The van der Waals surface area contributed by atoms with Crippen LogP contribution in [0.2, 0.25) is 0 Å². The van der Waals surface area contributed by atoms with Crippen LogP contribution in [0.15, 0.2) is 28.9 Å². The number of ketones is 1. The Morgan fingerprint density at radius 1 is 1.37 bits per heavy atom. The van der Waals surface area contributed by atoms with Crippen LogP contribution in [0.5, 0.6) is 5.88 Å². The number of carbonyl (C=O) groups excluding carboxylic acids is 1. The Kier molecular flexibility index (Phi) is 6.18. The lowest BCUT2D eigenvalue weighted by molar-refractivity contribution is 0.102. The molecule has 2 aromatic rings. The van der Waals surface area contributed by atoms with Gasteiger partial charge in [-0.3, -0.25) is 4.79 Å². The van der Waals surface area contributed by atoms with Crippen LogP contribution in [0.4, 0.5) is 0 Å². The fourth-order valence-corrected chi connectivity index (χ4v) is 2.68. The molecule has 0 aromatic carbocycles. The number of halogens is 1. The molecule has 0 saturated heterocycles. The first-order valence-corrected chi connectivity index (χ1v) is 7.53. The number of thiophene rings is 1. The van der Waals surface area contributed by atoms with Gasteiger partial charge in [0.1, 0.15) is 0 Å². The number of hydrogen-bond donors (Lipinski definition) is 0. The molecule has 0 fully saturated rings. The number of nitrogens with zero attached hydrogens (tertiary/aromatic N) is 1. The first-order valence-electron chi connectivity index (χ1n) is 5.92. The first-order chi connectivity index (χ1) is 9.11. The van der Waals surface area contributed by atoms with Gasteiger partial charge < -0.3 is 4.74 Å². The summed E-state index contributed by atoms with van der Waals surface area (Å²) < 4.78 is 6.09. The van der Waals surface area contributed by atoms with Crippen LogP contribution < -0.4 is 4.74 Å². The molecule has 0 aliphatic rings. The maximum Gasteiger partial charge on any atom is 0.221 e. The zero-order valence-electron chi connectivity index (χ0n) is 11.4. The Hall–Kier alpha value is -1.20. The van der Waals surface area contributed by atoms with E-state index in [0.717, 1.165) is 19.8 Å². The molecule has 3 nitrogen and oxygen atoms in total. The van der Waals surface area contributed by atoms with Gasteiger partial charge in [0.15, 0.2) is 5.78 Å². The highest BCUT2D eigenvalue weighted by Gasteiger charge is 2.12. The molecular weight excluding hydrogens is 326 g/mol. The summed E-state index contributed by atoms with van der Waals surface area (Å²) in [6.45, 7) is 5.56. The minimum absolute atomic E-state index is 0.0724. The molecule has 0 N–H and O–H groups in total. The van der Waals surface area contributed by atoms with Gasteiger partial charge in [-0.1, -0.05) is 13.8 Å². The standard InChI is InChI=1S/C12H10BrNO2S.C2H6/c1-7(15)10-3-4-11(17-10)9-5-8(13)6-14-12(9)16-2;1-2/h3-6H,1-2H3;1-2H3. The summed E-state index contributed by atoms with van der Waals surface area (Å²) >= 11 is 4.82. The van der Waals surface area contributed by atoms with Crippen molar-refractivity contribution < 1.29 is 9.53 Å². The summed E-state index contributed by atoms with van der Waals surface area (Å²) in [4.78, 5) is 17.2. The molecule has 2 rings (SSSR count). The summed E-state index contributed by atoms with van der Waals surface area (Å²) in [6, 6.07) is 5.66. The summed E-state index contributed by atoms with van der Waals surface area (Å²) in [5.74, 6) is 0.633. The predicted octanol–water partition coefficient (Wildman–Crippen LogP) is 4.81. The van der Waals surface area contributed by atoms with E-state index in [2.05, 4.69) is 20.9 Å². The Balaban J connectivity index is 0.000000861. The van der Waals surface area contributed by atoms with E-state index >= 15 is 0 Å². The SMILES string of the molecule is CC.COc1ncc(Br)cc1-c1ccc(C(C)=O)s1. The Bertz CT molecular complexity index is 566. The second kappa shape index (κ2) is 7.40. The second-order valence-corrected chi connectivity index (χ2v) is 5.43. The molecule has 0 aliphatic carbocycles. The van der Waals surface area contributed by atoms with E-state index in [1.807, 2.05) is 32.0 Å². The minimum Gasteiger partial charge on any atom is -0.481 e. The number of hydrogen-bond acceptors (Lipinski definition) is 4. The van der Waals surface area contributed by atoms with Crippen molar-refractivity contribution >= 4 is 33.0 Å². The number of rotatable bonds is 3. The highest BCUT2D eigenvalue weighted by Crippen LogP contribution is 2.35. The van der Waals surface area contributed by atoms with Crippen LogP contribution in [-0.4, -0.2) is 17.9 Å². The van der Waals surface area contributed by atoms with Gasteiger partial charge in [-0.25, -0.2) is 4.98 Å². The molecular formula is C14H16BrNO2S. The van der Waals surface area contributed by atoms with Crippen molar-refractivity contribution in [2.24, 2.45) is 0 Å². The molecule has 0 saturated carbocycles. The summed E-state index contributed by atoms with van der Waals surface area (Å²) in [5, 5.41) is 0. The van der Waals surface area contributed by atoms with Crippen molar-refractivity contribution in [3.63, 3.8) is 0 Å². The molecule has 2 aromatic heterocycles. The lowest BCUT2D eigenvalue weighted by Crippen LogP contribution is -1.90. The average molecular weight is 342 g/mol. The van der Waals surface area contributed by atoms with Crippen molar-refractivity contribution in [3.8, 4) is 16.3 Å². The Labute approximate surface area is 125 Å². The minimum atomic E-state index is 0.0724. The molecule has 0 radical (unpaired) electrons. The van der Waals surface area contributed by atoms with Crippen LogP contribution in [0.3, 0.4) is 0 Å². The molecule has 19 heavy (non-hydrogen) atoms. The van der Waals surface area contributed by atoms with Gasteiger partial charge in [-0.05, 0) is 41.1 Å². The second-order valence-electron chi connectivity index (χ2n) is 3.43. The molecule has 0 aliphatic heterocycles. The number of pyridine rings is 1.